The number of hydrogen-bond donors (Lipinski definition) is 1. The average molecular weight is 253 g/mol. The van der Waals surface area contributed by atoms with Gasteiger partial charge in [0.05, 0.1) is 20.3 Å². The van der Waals surface area contributed by atoms with E-state index in [1.165, 1.54) is 13.2 Å². The summed E-state index contributed by atoms with van der Waals surface area (Å²) in [6, 6.07) is 5.08. The first-order valence-electron chi connectivity index (χ1n) is 6.19. The second-order valence-electron chi connectivity index (χ2n) is 5.33. The molecule has 1 aliphatic rings. The third-order valence-electron chi connectivity index (χ3n) is 3.57. The van der Waals surface area contributed by atoms with Crippen LogP contribution in [0, 0.1) is 11.2 Å². The SMILES string of the molecule is COc1ccc(C(CN)CC2(C)COC2)cc1F. The predicted molar refractivity (Wildman–Crippen MR) is 68.3 cm³/mol. The van der Waals surface area contributed by atoms with Crippen molar-refractivity contribution in [1.29, 1.82) is 0 Å². The van der Waals surface area contributed by atoms with Gasteiger partial charge in [0.2, 0.25) is 0 Å². The summed E-state index contributed by atoms with van der Waals surface area (Å²) >= 11 is 0. The molecule has 1 aliphatic heterocycles. The normalized spacial score (nSPS) is 19.1. The quantitative estimate of drug-likeness (QED) is 0.875. The molecule has 0 aromatic heterocycles. The van der Waals surface area contributed by atoms with E-state index in [0.717, 1.165) is 25.2 Å². The van der Waals surface area contributed by atoms with Gasteiger partial charge in [-0.2, -0.15) is 0 Å². The van der Waals surface area contributed by atoms with E-state index in [9.17, 15) is 4.39 Å². The lowest BCUT2D eigenvalue weighted by Crippen LogP contribution is -2.41. The van der Waals surface area contributed by atoms with Crippen molar-refractivity contribution in [2.75, 3.05) is 26.9 Å². The number of methoxy groups -OCH3 is 1. The van der Waals surface area contributed by atoms with Crippen molar-refractivity contribution >= 4 is 0 Å². The van der Waals surface area contributed by atoms with Crippen LogP contribution in [0.15, 0.2) is 18.2 Å². The summed E-state index contributed by atoms with van der Waals surface area (Å²) in [5.74, 6) is 0.107. The smallest absolute Gasteiger partial charge is 0.165 e. The maximum Gasteiger partial charge on any atom is 0.165 e. The van der Waals surface area contributed by atoms with E-state index < -0.39 is 0 Å². The highest BCUT2D eigenvalue weighted by Crippen LogP contribution is 2.37. The molecular formula is C14H20FNO2. The molecule has 1 heterocycles. The molecule has 4 heteroatoms. The van der Waals surface area contributed by atoms with Crippen LogP contribution in [0.3, 0.4) is 0 Å². The molecule has 1 aromatic carbocycles. The minimum Gasteiger partial charge on any atom is -0.494 e. The van der Waals surface area contributed by atoms with E-state index in [2.05, 4.69) is 6.92 Å². The van der Waals surface area contributed by atoms with Gasteiger partial charge in [-0.05, 0) is 36.6 Å². The molecule has 1 aromatic rings. The Hall–Kier alpha value is -1.13. The largest absolute Gasteiger partial charge is 0.494 e. The summed E-state index contributed by atoms with van der Waals surface area (Å²) in [5, 5.41) is 0. The Morgan fingerprint density at radius 3 is 2.67 bits per heavy atom. The Morgan fingerprint density at radius 1 is 1.50 bits per heavy atom. The van der Waals surface area contributed by atoms with Crippen molar-refractivity contribution in [1.82, 2.24) is 0 Å². The number of hydrogen-bond acceptors (Lipinski definition) is 3. The first-order valence-corrected chi connectivity index (χ1v) is 6.19. The molecule has 2 rings (SSSR count). The minimum atomic E-state index is -0.330. The molecule has 100 valence electrons. The third kappa shape index (κ3) is 2.65. The van der Waals surface area contributed by atoms with Crippen molar-refractivity contribution in [3.8, 4) is 5.75 Å². The van der Waals surface area contributed by atoms with E-state index >= 15 is 0 Å². The lowest BCUT2D eigenvalue weighted by Gasteiger charge is -2.40. The summed E-state index contributed by atoms with van der Waals surface area (Å²) in [7, 11) is 1.46. The van der Waals surface area contributed by atoms with Crippen LogP contribution in [-0.2, 0) is 4.74 Å². The maximum absolute atomic E-state index is 13.7. The van der Waals surface area contributed by atoms with E-state index in [-0.39, 0.29) is 22.9 Å². The van der Waals surface area contributed by atoms with E-state index in [0.29, 0.717) is 6.54 Å². The lowest BCUT2D eigenvalue weighted by atomic mass is 9.77. The standard InChI is InChI=1S/C14H20FNO2/c1-14(8-18-9-14)6-11(7-16)10-3-4-13(17-2)12(15)5-10/h3-5,11H,6-9,16H2,1-2H3. The zero-order chi connectivity index (χ0) is 13.2. The summed E-state index contributed by atoms with van der Waals surface area (Å²) in [6.45, 7) is 4.23. The summed E-state index contributed by atoms with van der Waals surface area (Å²) in [4.78, 5) is 0. The van der Waals surface area contributed by atoms with Gasteiger partial charge in [0, 0.05) is 5.41 Å². The summed E-state index contributed by atoms with van der Waals surface area (Å²) < 4.78 is 23.9. The first kappa shape index (κ1) is 13.3. The van der Waals surface area contributed by atoms with Crippen molar-refractivity contribution in [3.63, 3.8) is 0 Å². The van der Waals surface area contributed by atoms with Crippen LogP contribution < -0.4 is 10.5 Å². The Bertz CT molecular complexity index is 418. The Morgan fingerprint density at radius 2 is 2.22 bits per heavy atom. The fraction of sp³-hybridized carbons (Fsp3) is 0.571. The van der Waals surface area contributed by atoms with Crippen LogP contribution in [0.25, 0.3) is 0 Å². The molecule has 1 saturated heterocycles. The molecule has 2 N–H and O–H groups in total. The number of halogens is 1. The highest BCUT2D eigenvalue weighted by molar-refractivity contribution is 5.31. The highest BCUT2D eigenvalue weighted by atomic mass is 19.1. The number of ether oxygens (including phenoxy) is 2. The van der Waals surface area contributed by atoms with Gasteiger partial charge in [0.25, 0.3) is 0 Å². The van der Waals surface area contributed by atoms with Crippen LogP contribution >= 0.6 is 0 Å². The van der Waals surface area contributed by atoms with E-state index in [1.807, 2.05) is 6.07 Å². The molecule has 1 fully saturated rings. The summed E-state index contributed by atoms with van der Waals surface area (Å²) in [5.41, 5.74) is 6.93. The van der Waals surface area contributed by atoms with Gasteiger partial charge < -0.3 is 15.2 Å². The molecule has 1 atom stereocenters. The molecule has 0 amide bonds. The molecule has 0 saturated carbocycles. The lowest BCUT2D eigenvalue weighted by molar-refractivity contribution is -0.108. The first-order chi connectivity index (χ1) is 8.58. The zero-order valence-electron chi connectivity index (χ0n) is 10.9. The molecule has 0 bridgehead atoms. The van der Waals surface area contributed by atoms with Crippen LogP contribution in [0.2, 0.25) is 0 Å². The topological polar surface area (TPSA) is 44.5 Å². The maximum atomic E-state index is 13.7. The van der Waals surface area contributed by atoms with Crippen molar-refractivity contribution in [3.05, 3.63) is 29.6 Å². The predicted octanol–water partition coefficient (Wildman–Crippen LogP) is 2.30. The van der Waals surface area contributed by atoms with Crippen LogP contribution in [0.4, 0.5) is 4.39 Å². The molecule has 0 radical (unpaired) electrons. The van der Waals surface area contributed by atoms with Crippen LogP contribution in [0.5, 0.6) is 5.75 Å². The molecule has 3 nitrogen and oxygen atoms in total. The summed E-state index contributed by atoms with van der Waals surface area (Å²) in [6.07, 6.45) is 0.926. The molecule has 0 aliphatic carbocycles. The van der Waals surface area contributed by atoms with Gasteiger partial charge in [-0.3, -0.25) is 0 Å². The number of nitrogens with two attached hydrogens (primary N) is 1. The van der Waals surface area contributed by atoms with Crippen LogP contribution in [-0.4, -0.2) is 26.9 Å². The van der Waals surface area contributed by atoms with Gasteiger partial charge >= 0.3 is 0 Å². The average Bonchev–Trinajstić information content (AvgIpc) is 2.33. The fourth-order valence-corrected chi connectivity index (χ4v) is 2.44. The van der Waals surface area contributed by atoms with Gasteiger partial charge in [-0.25, -0.2) is 4.39 Å². The number of benzene rings is 1. The fourth-order valence-electron chi connectivity index (χ4n) is 2.44. The second kappa shape index (κ2) is 5.24. The monoisotopic (exact) mass is 253 g/mol. The molecule has 1 unspecified atom stereocenters. The Labute approximate surface area is 107 Å². The van der Waals surface area contributed by atoms with Gasteiger partial charge in [0.15, 0.2) is 11.6 Å². The Kier molecular flexibility index (Phi) is 3.88. The van der Waals surface area contributed by atoms with Crippen molar-refractivity contribution in [2.45, 2.75) is 19.3 Å². The molecular weight excluding hydrogens is 233 g/mol. The Balaban J connectivity index is 2.14. The molecule has 0 spiro atoms. The van der Waals surface area contributed by atoms with Crippen LogP contribution in [0.1, 0.15) is 24.8 Å². The van der Waals surface area contributed by atoms with Crippen molar-refractivity contribution < 1.29 is 13.9 Å². The van der Waals surface area contributed by atoms with E-state index in [4.69, 9.17) is 15.2 Å². The highest BCUT2D eigenvalue weighted by Gasteiger charge is 2.35. The third-order valence-corrected chi connectivity index (χ3v) is 3.57. The zero-order valence-corrected chi connectivity index (χ0v) is 10.9. The van der Waals surface area contributed by atoms with Crippen molar-refractivity contribution in [2.24, 2.45) is 11.1 Å². The molecule has 18 heavy (non-hydrogen) atoms. The van der Waals surface area contributed by atoms with Gasteiger partial charge in [-0.15, -0.1) is 0 Å². The van der Waals surface area contributed by atoms with Gasteiger partial charge in [-0.1, -0.05) is 13.0 Å². The van der Waals surface area contributed by atoms with E-state index in [1.54, 1.807) is 6.07 Å². The second-order valence-corrected chi connectivity index (χ2v) is 5.33. The number of rotatable bonds is 5. The minimum absolute atomic E-state index is 0.166. The van der Waals surface area contributed by atoms with Gasteiger partial charge in [0.1, 0.15) is 0 Å².